The van der Waals surface area contributed by atoms with Crippen LogP contribution >= 0.6 is 27.3 Å². The molecule has 1 N–H and O–H groups in total. The Morgan fingerprint density at radius 2 is 2.31 bits per heavy atom. The van der Waals surface area contributed by atoms with Crippen LogP contribution < -0.4 is 5.32 Å². The van der Waals surface area contributed by atoms with E-state index in [0.717, 1.165) is 19.3 Å². The summed E-state index contributed by atoms with van der Waals surface area (Å²) in [6, 6.07) is 4.28. The molecule has 1 rings (SSSR count). The van der Waals surface area contributed by atoms with Gasteiger partial charge in [0.25, 0.3) is 0 Å². The third-order valence-corrected chi connectivity index (χ3v) is 4.47. The summed E-state index contributed by atoms with van der Waals surface area (Å²) < 4.78 is 0. The standard InChI is InChI=1S/C12H18BrNOS/c1-3-6-10(11-7-5-8-16-11)14-12(15)9(13)4-2/h5,7-10H,3-4,6H2,1-2H3,(H,14,15). The van der Waals surface area contributed by atoms with Gasteiger partial charge >= 0.3 is 0 Å². The maximum atomic E-state index is 11.8. The van der Waals surface area contributed by atoms with Crippen molar-refractivity contribution >= 4 is 33.2 Å². The van der Waals surface area contributed by atoms with Crippen molar-refractivity contribution in [3.05, 3.63) is 22.4 Å². The summed E-state index contributed by atoms with van der Waals surface area (Å²) in [7, 11) is 0. The molecule has 0 spiro atoms. The first-order valence-electron chi connectivity index (χ1n) is 5.66. The predicted octanol–water partition coefficient (Wildman–Crippen LogP) is 3.88. The van der Waals surface area contributed by atoms with Gasteiger partial charge in [-0.05, 0) is 24.3 Å². The van der Waals surface area contributed by atoms with Gasteiger partial charge in [0.15, 0.2) is 0 Å². The SMILES string of the molecule is CCCC(NC(=O)C(Br)CC)c1cccs1. The van der Waals surface area contributed by atoms with Gasteiger partial charge < -0.3 is 5.32 Å². The molecule has 0 bridgehead atoms. The highest BCUT2D eigenvalue weighted by molar-refractivity contribution is 9.10. The van der Waals surface area contributed by atoms with Crippen LogP contribution in [0.3, 0.4) is 0 Å². The molecule has 1 amide bonds. The van der Waals surface area contributed by atoms with Crippen LogP contribution in [0.5, 0.6) is 0 Å². The zero-order chi connectivity index (χ0) is 12.0. The van der Waals surface area contributed by atoms with E-state index in [2.05, 4.69) is 39.6 Å². The van der Waals surface area contributed by atoms with Gasteiger partial charge in [0.2, 0.25) is 5.91 Å². The molecule has 90 valence electrons. The van der Waals surface area contributed by atoms with Crippen LogP contribution in [0.4, 0.5) is 0 Å². The van der Waals surface area contributed by atoms with Gasteiger partial charge in [-0.3, -0.25) is 4.79 Å². The molecule has 1 aromatic heterocycles. The quantitative estimate of drug-likeness (QED) is 0.794. The Morgan fingerprint density at radius 1 is 1.56 bits per heavy atom. The van der Waals surface area contributed by atoms with Crippen molar-refractivity contribution in [1.82, 2.24) is 5.32 Å². The molecule has 0 aliphatic rings. The van der Waals surface area contributed by atoms with Gasteiger partial charge in [-0.1, -0.05) is 42.3 Å². The Labute approximate surface area is 110 Å². The molecule has 0 radical (unpaired) electrons. The van der Waals surface area contributed by atoms with Crippen molar-refractivity contribution in [3.63, 3.8) is 0 Å². The Bertz CT molecular complexity index is 313. The summed E-state index contributed by atoms with van der Waals surface area (Å²) in [6.45, 7) is 4.14. The second-order valence-electron chi connectivity index (χ2n) is 3.74. The van der Waals surface area contributed by atoms with E-state index < -0.39 is 0 Å². The fraction of sp³-hybridized carbons (Fsp3) is 0.583. The third-order valence-electron chi connectivity index (χ3n) is 2.42. The van der Waals surface area contributed by atoms with Crippen molar-refractivity contribution < 1.29 is 4.79 Å². The first kappa shape index (κ1) is 13.7. The molecule has 1 heterocycles. The van der Waals surface area contributed by atoms with Gasteiger partial charge in [-0.15, -0.1) is 11.3 Å². The van der Waals surface area contributed by atoms with Gasteiger partial charge in [-0.2, -0.15) is 0 Å². The van der Waals surface area contributed by atoms with Crippen molar-refractivity contribution in [2.45, 2.75) is 44.0 Å². The van der Waals surface area contributed by atoms with Crippen LogP contribution in [0.2, 0.25) is 0 Å². The highest BCUT2D eigenvalue weighted by Gasteiger charge is 2.18. The zero-order valence-electron chi connectivity index (χ0n) is 9.70. The lowest BCUT2D eigenvalue weighted by Gasteiger charge is -2.18. The van der Waals surface area contributed by atoms with Gasteiger partial charge in [0, 0.05) is 4.88 Å². The molecular weight excluding hydrogens is 286 g/mol. The van der Waals surface area contributed by atoms with Crippen LogP contribution in [-0.2, 0) is 4.79 Å². The Morgan fingerprint density at radius 3 is 2.81 bits per heavy atom. The summed E-state index contributed by atoms with van der Waals surface area (Å²) >= 11 is 5.08. The van der Waals surface area contributed by atoms with Crippen molar-refractivity contribution in [1.29, 1.82) is 0 Å². The molecule has 2 nitrogen and oxygen atoms in total. The van der Waals surface area contributed by atoms with Gasteiger partial charge in [-0.25, -0.2) is 0 Å². The molecule has 1 aromatic rings. The smallest absolute Gasteiger partial charge is 0.234 e. The number of rotatable bonds is 6. The molecular formula is C12H18BrNOS. The lowest BCUT2D eigenvalue weighted by molar-refractivity contribution is -0.121. The minimum absolute atomic E-state index is 0.0770. The Balaban J connectivity index is 2.62. The molecule has 2 unspecified atom stereocenters. The van der Waals surface area contributed by atoms with E-state index >= 15 is 0 Å². The second-order valence-corrected chi connectivity index (χ2v) is 5.83. The Hall–Kier alpha value is -0.350. The number of hydrogen-bond donors (Lipinski definition) is 1. The molecule has 0 aromatic carbocycles. The fourth-order valence-corrected chi connectivity index (χ4v) is 2.46. The number of halogens is 1. The summed E-state index contributed by atoms with van der Waals surface area (Å²) in [5, 5.41) is 5.15. The topological polar surface area (TPSA) is 29.1 Å². The lowest BCUT2D eigenvalue weighted by Crippen LogP contribution is -2.33. The molecule has 0 aliphatic heterocycles. The van der Waals surface area contributed by atoms with E-state index in [4.69, 9.17) is 0 Å². The van der Waals surface area contributed by atoms with E-state index in [-0.39, 0.29) is 16.8 Å². The lowest BCUT2D eigenvalue weighted by atomic mass is 10.1. The predicted molar refractivity (Wildman–Crippen MR) is 73.1 cm³/mol. The minimum Gasteiger partial charge on any atom is -0.348 e. The highest BCUT2D eigenvalue weighted by Crippen LogP contribution is 2.23. The van der Waals surface area contributed by atoms with Crippen molar-refractivity contribution in [2.24, 2.45) is 0 Å². The summed E-state index contributed by atoms with van der Waals surface area (Å²) in [5.74, 6) is 0.0920. The largest absolute Gasteiger partial charge is 0.348 e. The Kier molecular flexibility index (Phi) is 6.06. The molecule has 0 saturated carbocycles. The molecule has 0 fully saturated rings. The van der Waals surface area contributed by atoms with Gasteiger partial charge in [0.1, 0.15) is 0 Å². The minimum atomic E-state index is -0.0770. The second kappa shape index (κ2) is 7.07. The first-order chi connectivity index (χ1) is 7.69. The number of hydrogen-bond acceptors (Lipinski definition) is 2. The van der Waals surface area contributed by atoms with E-state index in [1.807, 2.05) is 13.0 Å². The maximum Gasteiger partial charge on any atom is 0.234 e. The summed E-state index contributed by atoms with van der Waals surface area (Å²) in [4.78, 5) is 13.0. The van der Waals surface area contributed by atoms with Crippen LogP contribution in [0.15, 0.2) is 17.5 Å². The van der Waals surface area contributed by atoms with Crippen LogP contribution in [-0.4, -0.2) is 10.7 Å². The number of carbonyl (C=O) groups excluding carboxylic acids is 1. The zero-order valence-corrected chi connectivity index (χ0v) is 12.1. The van der Waals surface area contributed by atoms with E-state index in [9.17, 15) is 4.79 Å². The van der Waals surface area contributed by atoms with E-state index in [0.29, 0.717) is 0 Å². The normalized spacial score (nSPS) is 14.4. The molecule has 0 saturated heterocycles. The molecule has 4 heteroatoms. The number of amides is 1. The van der Waals surface area contributed by atoms with E-state index in [1.54, 1.807) is 11.3 Å². The molecule has 16 heavy (non-hydrogen) atoms. The number of thiophene rings is 1. The van der Waals surface area contributed by atoms with Gasteiger partial charge in [0.05, 0.1) is 10.9 Å². The van der Waals surface area contributed by atoms with Crippen LogP contribution in [0.25, 0.3) is 0 Å². The highest BCUT2D eigenvalue weighted by atomic mass is 79.9. The third kappa shape index (κ3) is 3.91. The molecule has 2 atom stereocenters. The van der Waals surface area contributed by atoms with Crippen molar-refractivity contribution in [3.8, 4) is 0 Å². The monoisotopic (exact) mass is 303 g/mol. The number of nitrogens with one attached hydrogen (secondary N) is 1. The number of carbonyl (C=O) groups is 1. The maximum absolute atomic E-state index is 11.8. The molecule has 0 aliphatic carbocycles. The average Bonchev–Trinajstić information content (AvgIpc) is 2.80. The summed E-state index contributed by atoms with van der Waals surface area (Å²) in [6.07, 6.45) is 2.88. The fourth-order valence-electron chi connectivity index (χ4n) is 1.51. The first-order valence-corrected chi connectivity index (χ1v) is 7.46. The van der Waals surface area contributed by atoms with E-state index in [1.165, 1.54) is 4.88 Å². The van der Waals surface area contributed by atoms with Crippen LogP contribution in [0, 0.1) is 0 Å². The average molecular weight is 304 g/mol. The van der Waals surface area contributed by atoms with Crippen molar-refractivity contribution in [2.75, 3.05) is 0 Å². The summed E-state index contributed by atoms with van der Waals surface area (Å²) in [5.41, 5.74) is 0. The number of alkyl halides is 1. The van der Waals surface area contributed by atoms with Crippen LogP contribution in [0.1, 0.15) is 44.0 Å².